The number of nitriles is 1. The van der Waals surface area contributed by atoms with E-state index in [0.717, 1.165) is 18.4 Å². The molecule has 2 aromatic carbocycles. The van der Waals surface area contributed by atoms with E-state index in [0.29, 0.717) is 29.8 Å². The molecule has 1 aromatic heterocycles. The molecule has 1 aliphatic heterocycles. The molecule has 0 atom stereocenters. The van der Waals surface area contributed by atoms with Gasteiger partial charge in [0, 0.05) is 18.5 Å². The number of rotatable bonds is 2. The van der Waals surface area contributed by atoms with Gasteiger partial charge in [-0.1, -0.05) is 36.4 Å². The van der Waals surface area contributed by atoms with Gasteiger partial charge in [0.05, 0.1) is 22.6 Å². The van der Waals surface area contributed by atoms with Crippen LogP contribution in [0.4, 0.5) is 0 Å². The summed E-state index contributed by atoms with van der Waals surface area (Å²) in [5.41, 5.74) is 1.92. The predicted octanol–water partition coefficient (Wildman–Crippen LogP) is 2.82. The van der Waals surface area contributed by atoms with Crippen molar-refractivity contribution in [2.45, 2.75) is 18.3 Å². The van der Waals surface area contributed by atoms with Crippen molar-refractivity contribution in [3.8, 4) is 6.07 Å². The van der Waals surface area contributed by atoms with Gasteiger partial charge >= 0.3 is 5.76 Å². The van der Waals surface area contributed by atoms with Crippen molar-refractivity contribution < 1.29 is 9.21 Å². The summed E-state index contributed by atoms with van der Waals surface area (Å²) >= 11 is 0. The Kier molecular flexibility index (Phi) is 3.14. The molecule has 2 heterocycles. The highest BCUT2D eigenvalue weighted by Crippen LogP contribution is 2.59. The number of para-hydroxylation sites is 1. The maximum absolute atomic E-state index is 12.9. The molecule has 1 spiro atoms. The Morgan fingerprint density at radius 2 is 1.85 bits per heavy atom. The van der Waals surface area contributed by atoms with E-state index in [1.165, 1.54) is 0 Å². The second-order valence-corrected chi connectivity index (χ2v) is 7.77. The minimum absolute atomic E-state index is 0.0267. The van der Waals surface area contributed by atoms with Crippen LogP contribution in [0.25, 0.3) is 11.1 Å². The average Bonchev–Trinajstić information content (AvgIpc) is 3.00. The smallest absolute Gasteiger partial charge is 0.408 e. The highest BCUT2D eigenvalue weighted by atomic mass is 16.4. The van der Waals surface area contributed by atoms with Crippen LogP contribution in [-0.4, -0.2) is 28.9 Å². The topological polar surface area (TPSA) is 90.1 Å². The zero-order chi connectivity index (χ0) is 18.6. The van der Waals surface area contributed by atoms with Crippen LogP contribution in [0.15, 0.2) is 57.7 Å². The number of benzene rings is 2. The number of nitrogens with zero attached hydrogens (tertiary/aromatic N) is 2. The number of hydrogen-bond donors (Lipinski definition) is 1. The van der Waals surface area contributed by atoms with Crippen LogP contribution < -0.4 is 5.76 Å². The number of carbonyl (C=O) groups excluding carboxylic acids is 1. The lowest BCUT2D eigenvalue weighted by Gasteiger charge is -2.62. The monoisotopic (exact) mass is 359 g/mol. The van der Waals surface area contributed by atoms with Crippen molar-refractivity contribution in [3.05, 3.63) is 70.2 Å². The molecule has 0 radical (unpaired) electrons. The lowest BCUT2D eigenvalue weighted by atomic mass is 9.48. The van der Waals surface area contributed by atoms with Gasteiger partial charge in [0.1, 0.15) is 0 Å². The van der Waals surface area contributed by atoms with Crippen LogP contribution in [0, 0.1) is 16.7 Å². The Bertz CT molecular complexity index is 1140. The lowest BCUT2D eigenvalue weighted by Crippen LogP contribution is -2.67. The van der Waals surface area contributed by atoms with Gasteiger partial charge in [0.2, 0.25) is 0 Å². The summed E-state index contributed by atoms with van der Waals surface area (Å²) in [6.07, 6.45) is 1.55. The van der Waals surface area contributed by atoms with E-state index in [-0.39, 0.29) is 11.3 Å². The van der Waals surface area contributed by atoms with Gasteiger partial charge in [-0.2, -0.15) is 5.26 Å². The van der Waals surface area contributed by atoms with Crippen molar-refractivity contribution in [2.24, 2.45) is 5.41 Å². The van der Waals surface area contributed by atoms with Crippen molar-refractivity contribution in [1.82, 2.24) is 9.88 Å². The van der Waals surface area contributed by atoms with Gasteiger partial charge in [0.25, 0.3) is 5.91 Å². The third kappa shape index (κ3) is 2.25. The van der Waals surface area contributed by atoms with E-state index in [4.69, 9.17) is 4.42 Å². The van der Waals surface area contributed by atoms with Crippen molar-refractivity contribution >= 4 is 17.0 Å². The number of nitrogens with one attached hydrogen (secondary N) is 1. The summed E-state index contributed by atoms with van der Waals surface area (Å²) in [5.74, 6) is -0.677. The number of aromatic nitrogens is 1. The molecule has 27 heavy (non-hydrogen) atoms. The molecule has 2 aliphatic rings. The molecular weight excluding hydrogens is 342 g/mol. The number of carbonyl (C=O) groups is 1. The van der Waals surface area contributed by atoms with Gasteiger partial charge in [0.15, 0.2) is 5.58 Å². The molecule has 134 valence electrons. The van der Waals surface area contributed by atoms with Gasteiger partial charge in [-0.3, -0.25) is 9.78 Å². The summed E-state index contributed by atoms with van der Waals surface area (Å²) in [6.45, 7) is 1.28. The molecule has 0 bridgehead atoms. The zero-order valence-electron chi connectivity index (χ0n) is 14.6. The van der Waals surface area contributed by atoms with E-state index in [2.05, 4.69) is 11.1 Å². The van der Waals surface area contributed by atoms with E-state index < -0.39 is 11.2 Å². The molecule has 2 fully saturated rings. The second kappa shape index (κ2) is 5.34. The van der Waals surface area contributed by atoms with Gasteiger partial charge in [-0.05, 0) is 30.5 Å². The maximum atomic E-state index is 12.9. The normalized spacial score (nSPS) is 19.3. The van der Waals surface area contributed by atoms with Crippen LogP contribution in [0.3, 0.4) is 0 Å². The average molecular weight is 359 g/mol. The highest BCUT2D eigenvalue weighted by molar-refractivity contribution is 6.04. The number of likely N-dealkylation sites (tertiary alicyclic amines) is 1. The third-order valence-corrected chi connectivity index (χ3v) is 5.92. The first-order valence-corrected chi connectivity index (χ1v) is 8.92. The summed E-state index contributed by atoms with van der Waals surface area (Å²) in [7, 11) is 0. The second-order valence-electron chi connectivity index (χ2n) is 7.77. The first-order chi connectivity index (χ1) is 13.0. The number of oxazole rings is 1. The fourth-order valence-corrected chi connectivity index (χ4v) is 4.79. The van der Waals surface area contributed by atoms with Gasteiger partial charge in [-0.25, -0.2) is 4.79 Å². The molecular formula is C21H17N3O3. The quantitative estimate of drug-likeness (QED) is 0.762. The van der Waals surface area contributed by atoms with E-state index in [1.807, 2.05) is 30.3 Å². The Hall–Kier alpha value is -3.33. The molecule has 5 rings (SSSR count). The molecule has 0 unspecified atom stereocenters. The molecule has 1 saturated carbocycles. The number of H-pyrrole nitrogens is 1. The Morgan fingerprint density at radius 1 is 1.11 bits per heavy atom. The fourth-order valence-electron chi connectivity index (χ4n) is 4.79. The summed E-state index contributed by atoms with van der Waals surface area (Å²) in [5, 5.41) is 9.74. The van der Waals surface area contributed by atoms with Crippen LogP contribution in [0.5, 0.6) is 0 Å². The van der Waals surface area contributed by atoms with Gasteiger partial charge in [-0.15, -0.1) is 0 Å². The molecule has 1 amide bonds. The lowest BCUT2D eigenvalue weighted by molar-refractivity contribution is -0.0752. The molecule has 1 aliphatic carbocycles. The summed E-state index contributed by atoms with van der Waals surface area (Å²) < 4.78 is 5.04. The van der Waals surface area contributed by atoms with Crippen LogP contribution in [0.1, 0.15) is 28.8 Å². The minimum atomic E-state index is -0.564. The molecule has 6 heteroatoms. The minimum Gasteiger partial charge on any atom is -0.408 e. The van der Waals surface area contributed by atoms with Crippen molar-refractivity contribution in [3.63, 3.8) is 0 Å². The molecule has 1 saturated heterocycles. The van der Waals surface area contributed by atoms with Crippen molar-refractivity contribution in [2.75, 3.05) is 13.1 Å². The number of aromatic amines is 1. The van der Waals surface area contributed by atoms with Crippen molar-refractivity contribution in [1.29, 1.82) is 5.26 Å². The van der Waals surface area contributed by atoms with Crippen LogP contribution in [0.2, 0.25) is 0 Å². The first kappa shape index (κ1) is 15.9. The molecule has 1 N–H and O–H groups in total. The SMILES string of the molecule is N#CC1(c2ccccc2)CC2(CN(C(=O)c3cccc4oc(=O)[nH]c34)C2)C1. The number of fused-ring (bicyclic) bond motifs is 1. The number of hydrogen-bond acceptors (Lipinski definition) is 4. The van der Waals surface area contributed by atoms with Crippen LogP contribution >= 0.6 is 0 Å². The van der Waals surface area contributed by atoms with Gasteiger partial charge < -0.3 is 9.32 Å². The Morgan fingerprint density at radius 3 is 2.56 bits per heavy atom. The maximum Gasteiger partial charge on any atom is 0.417 e. The summed E-state index contributed by atoms with van der Waals surface area (Å²) in [4.78, 5) is 28.7. The standard InChI is InChI=1S/C21H17N3O3/c22-11-21(14-5-2-1-3-6-14)9-20(10-21)12-24(13-20)18(25)15-7-4-8-16-17(15)23-19(26)27-16/h1-8H,9-10,12-13H2,(H,23,26). The fraction of sp³-hybridized carbons (Fsp3) is 0.286. The Balaban J connectivity index is 1.34. The Labute approximate surface area is 155 Å². The first-order valence-electron chi connectivity index (χ1n) is 8.92. The van der Waals surface area contributed by atoms with Crippen LogP contribution in [-0.2, 0) is 5.41 Å². The molecule has 3 aromatic rings. The van der Waals surface area contributed by atoms with E-state index in [9.17, 15) is 14.9 Å². The largest absolute Gasteiger partial charge is 0.417 e. The number of amides is 1. The zero-order valence-corrected chi connectivity index (χ0v) is 14.6. The highest BCUT2D eigenvalue weighted by Gasteiger charge is 2.61. The van der Waals surface area contributed by atoms with E-state index >= 15 is 0 Å². The van der Waals surface area contributed by atoms with E-state index in [1.54, 1.807) is 23.1 Å². The molecule has 6 nitrogen and oxygen atoms in total. The summed E-state index contributed by atoms with van der Waals surface area (Å²) in [6, 6.07) is 17.5. The predicted molar refractivity (Wildman–Crippen MR) is 98.1 cm³/mol. The third-order valence-electron chi connectivity index (χ3n) is 5.92.